The molecule has 2 heterocycles. The fourth-order valence-corrected chi connectivity index (χ4v) is 7.83. The Hall–Kier alpha value is -5.50. The van der Waals surface area contributed by atoms with Crippen LogP contribution in [0, 0.1) is 23.7 Å². The number of nitrogens with one attached hydrogen (secondary N) is 1. The van der Waals surface area contributed by atoms with Gasteiger partial charge in [0.25, 0.3) is 0 Å². The van der Waals surface area contributed by atoms with Crippen LogP contribution in [0.25, 0.3) is 0 Å². The molecule has 1 saturated heterocycles. The average Bonchev–Trinajstić information content (AvgIpc) is 3.32. The third-order valence-corrected chi connectivity index (χ3v) is 9.90. The Bertz CT molecular complexity index is 1980. The van der Waals surface area contributed by atoms with Crippen molar-refractivity contribution in [1.82, 2.24) is 0 Å². The molecule has 0 saturated carbocycles. The number of amides is 2. The molecule has 2 amide bonds. The van der Waals surface area contributed by atoms with E-state index in [1.807, 2.05) is 48.5 Å². The number of imide groups is 1. The Morgan fingerprint density at radius 1 is 0.891 bits per heavy atom. The lowest BCUT2D eigenvalue weighted by Crippen LogP contribution is -2.41. The van der Waals surface area contributed by atoms with Crippen LogP contribution < -0.4 is 15.0 Å². The van der Waals surface area contributed by atoms with E-state index >= 15 is 0 Å². The van der Waals surface area contributed by atoms with Crippen molar-refractivity contribution >= 4 is 40.4 Å². The number of nitrogens with zero attached hydrogens (tertiary/aromatic N) is 1. The molecule has 2 N–H and O–H groups in total. The van der Waals surface area contributed by atoms with Gasteiger partial charge in [-0.2, -0.15) is 0 Å². The Morgan fingerprint density at radius 3 is 2.43 bits per heavy atom. The highest BCUT2D eigenvalue weighted by molar-refractivity contribution is 6.24. The summed E-state index contributed by atoms with van der Waals surface area (Å²) in [7, 11) is 0. The predicted octanol–water partition coefficient (Wildman–Crippen LogP) is 6.12. The number of hydrogen-bond donors (Lipinski definition) is 2. The maximum Gasteiger partial charge on any atom is 0.238 e. The maximum atomic E-state index is 14.3. The number of para-hydroxylation sites is 1. The molecule has 228 valence electrons. The molecule has 1 fully saturated rings. The van der Waals surface area contributed by atoms with E-state index in [1.165, 1.54) is 11.0 Å². The number of carbonyl (C=O) groups is 4. The fourth-order valence-electron chi connectivity index (χ4n) is 7.83. The second kappa shape index (κ2) is 10.5. The number of carbonyl (C=O) groups excluding carboxylic acids is 4. The molecule has 8 heteroatoms. The van der Waals surface area contributed by atoms with Crippen molar-refractivity contribution in [2.45, 2.75) is 26.2 Å². The molecule has 0 spiro atoms. The Kier molecular flexibility index (Phi) is 6.42. The van der Waals surface area contributed by atoms with Crippen LogP contribution in [0.5, 0.6) is 11.5 Å². The van der Waals surface area contributed by atoms with Gasteiger partial charge >= 0.3 is 0 Å². The first-order valence-corrected chi connectivity index (χ1v) is 15.5. The average molecular weight is 611 g/mol. The SMILES string of the molecule is CC1=CC(=O)C2=C(CC3C(=CCC4C(=O)N(c5ccc(Nc6ccccc6)cc5)C(=O)C43)C2C2=COc3ccc(O)cc3C2)C1=O. The first-order valence-electron chi connectivity index (χ1n) is 15.5. The molecule has 8 rings (SSSR count). The van der Waals surface area contributed by atoms with E-state index in [4.69, 9.17) is 4.74 Å². The summed E-state index contributed by atoms with van der Waals surface area (Å²) in [4.78, 5) is 56.6. The zero-order valence-electron chi connectivity index (χ0n) is 25.0. The molecule has 0 radical (unpaired) electrons. The summed E-state index contributed by atoms with van der Waals surface area (Å²) >= 11 is 0. The Labute approximate surface area is 265 Å². The minimum atomic E-state index is -0.665. The number of Topliss-reactive ketones (excluding diaryl/α,β-unsaturated/α-hetero) is 1. The number of ketones is 2. The molecule has 3 aliphatic carbocycles. The zero-order chi connectivity index (χ0) is 31.7. The zero-order valence-corrected chi connectivity index (χ0v) is 25.0. The first kappa shape index (κ1) is 28.0. The molecule has 4 unspecified atom stereocenters. The number of anilines is 3. The number of ether oxygens (including phenoxy) is 1. The highest BCUT2D eigenvalue weighted by Crippen LogP contribution is 2.55. The monoisotopic (exact) mass is 610 g/mol. The van der Waals surface area contributed by atoms with E-state index in [0.29, 0.717) is 41.0 Å². The van der Waals surface area contributed by atoms with Crippen LogP contribution in [0.2, 0.25) is 0 Å². The lowest BCUT2D eigenvalue weighted by Gasteiger charge is -2.43. The van der Waals surface area contributed by atoms with Gasteiger partial charge in [-0.25, -0.2) is 0 Å². The smallest absolute Gasteiger partial charge is 0.238 e. The van der Waals surface area contributed by atoms with Crippen LogP contribution in [-0.2, 0) is 25.6 Å². The highest BCUT2D eigenvalue weighted by atomic mass is 16.5. The third-order valence-electron chi connectivity index (χ3n) is 9.90. The first-order chi connectivity index (χ1) is 22.3. The van der Waals surface area contributed by atoms with Gasteiger partial charge in [0.1, 0.15) is 11.5 Å². The number of rotatable bonds is 4. The predicted molar refractivity (Wildman–Crippen MR) is 171 cm³/mol. The molecule has 4 atom stereocenters. The fraction of sp³-hybridized carbons (Fsp3) is 0.211. The topological polar surface area (TPSA) is 113 Å². The van der Waals surface area contributed by atoms with Crippen molar-refractivity contribution in [2.24, 2.45) is 23.7 Å². The number of hydrogen-bond acceptors (Lipinski definition) is 7. The molecule has 0 bridgehead atoms. The third kappa shape index (κ3) is 4.35. The van der Waals surface area contributed by atoms with E-state index in [1.54, 1.807) is 43.5 Å². The van der Waals surface area contributed by atoms with Gasteiger partial charge in [-0.1, -0.05) is 29.8 Å². The minimum Gasteiger partial charge on any atom is -0.508 e. The van der Waals surface area contributed by atoms with Gasteiger partial charge in [0.15, 0.2) is 11.6 Å². The van der Waals surface area contributed by atoms with Gasteiger partial charge in [0.05, 0.1) is 23.8 Å². The second-order valence-electron chi connectivity index (χ2n) is 12.6. The van der Waals surface area contributed by atoms with Crippen molar-refractivity contribution in [3.05, 3.63) is 125 Å². The van der Waals surface area contributed by atoms with Crippen LogP contribution in [0.1, 0.15) is 25.3 Å². The number of phenolic OH excluding ortho intramolecular Hbond substituents is 1. The van der Waals surface area contributed by atoms with Gasteiger partial charge < -0.3 is 15.2 Å². The molecular formula is C38H30N2O6. The summed E-state index contributed by atoms with van der Waals surface area (Å²) in [5.41, 5.74) is 5.86. The number of benzene rings is 3. The lowest BCUT2D eigenvalue weighted by atomic mass is 9.58. The van der Waals surface area contributed by atoms with Crippen molar-refractivity contribution < 1.29 is 29.0 Å². The van der Waals surface area contributed by atoms with Crippen LogP contribution >= 0.6 is 0 Å². The van der Waals surface area contributed by atoms with Crippen molar-refractivity contribution in [3.8, 4) is 11.5 Å². The number of allylic oxidation sites excluding steroid dienone is 7. The van der Waals surface area contributed by atoms with Gasteiger partial charge in [-0.3, -0.25) is 24.1 Å². The van der Waals surface area contributed by atoms with Crippen LogP contribution in [-0.4, -0.2) is 28.5 Å². The lowest BCUT2D eigenvalue weighted by molar-refractivity contribution is -0.123. The minimum absolute atomic E-state index is 0.103. The summed E-state index contributed by atoms with van der Waals surface area (Å²) in [5, 5.41) is 13.5. The molecule has 3 aromatic rings. The number of fused-ring (bicyclic) bond motifs is 4. The van der Waals surface area contributed by atoms with Crippen LogP contribution in [0.3, 0.4) is 0 Å². The van der Waals surface area contributed by atoms with Crippen LogP contribution in [0.4, 0.5) is 17.1 Å². The van der Waals surface area contributed by atoms with Crippen molar-refractivity contribution in [2.75, 3.05) is 10.2 Å². The molecule has 2 aliphatic heterocycles. The normalized spacial score (nSPS) is 25.1. The van der Waals surface area contributed by atoms with Gasteiger partial charge in [-0.05, 0) is 91.9 Å². The molecular weight excluding hydrogens is 580 g/mol. The molecule has 3 aromatic carbocycles. The molecule has 46 heavy (non-hydrogen) atoms. The number of aromatic hydroxyl groups is 1. The molecule has 0 aromatic heterocycles. The van der Waals surface area contributed by atoms with Gasteiger partial charge in [0, 0.05) is 46.0 Å². The van der Waals surface area contributed by atoms with Crippen molar-refractivity contribution in [3.63, 3.8) is 0 Å². The Morgan fingerprint density at radius 2 is 1.65 bits per heavy atom. The van der Waals surface area contributed by atoms with E-state index in [9.17, 15) is 24.3 Å². The quantitative estimate of drug-likeness (QED) is 0.208. The maximum absolute atomic E-state index is 14.3. The number of phenols is 1. The standard InChI is InChI=1S/C38H30N2O6/c1-20-15-31(42)35-30(36(20)43)18-29-27(33(35)22-16-21-17-26(41)11-14-32(21)46-19-22)12-13-28-34(29)38(45)40(37(28)44)25-9-7-24(8-10-25)39-23-5-3-2-4-6-23/h2-12,14-15,17,19,28-29,33-34,39,41H,13,16,18H2,1H3. The highest BCUT2D eigenvalue weighted by Gasteiger charge is 2.57. The molecule has 8 nitrogen and oxygen atoms in total. The summed E-state index contributed by atoms with van der Waals surface area (Å²) in [6, 6.07) is 21.8. The van der Waals surface area contributed by atoms with Crippen molar-refractivity contribution in [1.29, 1.82) is 0 Å². The summed E-state index contributed by atoms with van der Waals surface area (Å²) in [6.45, 7) is 1.64. The second-order valence-corrected chi connectivity index (χ2v) is 12.6. The van der Waals surface area contributed by atoms with E-state index in [0.717, 1.165) is 28.1 Å². The molecule has 5 aliphatic rings. The summed E-state index contributed by atoms with van der Waals surface area (Å²) in [6.07, 6.45) is 6.00. The summed E-state index contributed by atoms with van der Waals surface area (Å²) < 4.78 is 5.96. The largest absolute Gasteiger partial charge is 0.508 e. The summed E-state index contributed by atoms with van der Waals surface area (Å²) in [5.74, 6) is -2.49. The van der Waals surface area contributed by atoms with E-state index < -0.39 is 23.7 Å². The van der Waals surface area contributed by atoms with E-state index in [2.05, 4.69) is 5.32 Å². The Balaban J connectivity index is 1.15. The van der Waals surface area contributed by atoms with Crippen LogP contribution in [0.15, 0.2) is 119 Å². The van der Waals surface area contributed by atoms with E-state index in [-0.39, 0.29) is 35.6 Å². The van der Waals surface area contributed by atoms with Gasteiger partial charge in [0.2, 0.25) is 11.8 Å². The van der Waals surface area contributed by atoms with Gasteiger partial charge in [-0.15, -0.1) is 0 Å².